The van der Waals surface area contributed by atoms with Crippen molar-refractivity contribution >= 4 is 27.6 Å². The Balaban J connectivity index is 2.64. The van der Waals surface area contributed by atoms with E-state index in [4.69, 9.17) is 28.5 Å². The van der Waals surface area contributed by atoms with Crippen LogP contribution in [0.1, 0.15) is 136 Å². The maximum absolute atomic E-state index is 12.8. The Morgan fingerprint density at radius 2 is 1.22 bits per heavy atom. The van der Waals surface area contributed by atoms with Crippen molar-refractivity contribution in [2.24, 2.45) is 5.92 Å². The minimum Gasteiger partial charge on any atom is -0.462 e. The summed E-state index contributed by atoms with van der Waals surface area (Å²) in [5, 5.41) is 40.8. The maximum atomic E-state index is 12.8. The van der Waals surface area contributed by atoms with Gasteiger partial charge in [-0.05, 0) is 70.6 Å². The van der Waals surface area contributed by atoms with Crippen LogP contribution in [0.15, 0.2) is 72.9 Å². The van der Waals surface area contributed by atoms with Gasteiger partial charge in [0.25, 0.3) is 0 Å². The number of ether oxygens (including phenoxy) is 3. The third-order valence-electron chi connectivity index (χ3n) is 9.85. The van der Waals surface area contributed by atoms with E-state index in [1.54, 1.807) is 12.2 Å². The lowest BCUT2D eigenvalue weighted by atomic mass is 9.87. The second-order valence-corrected chi connectivity index (χ2v) is 18.5. The van der Waals surface area contributed by atoms with E-state index in [9.17, 15) is 44.0 Å². The number of hydrogen-bond donors (Lipinski definition) is 7. The van der Waals surface area contributed by atoms with Crippen LogP contribution in [-0.4, -0.2) is 110 Å². The molecular formula is C46H78O17P2. The molecule has 0 aromatic rings. The lowest BCUT2D eigenvalue weighted by Gasteiger charge is -2.36. The van der Waals surface area contributed by atoms with E-state index in [1.165, 1.54) is 19.3 Å². The summed E-state index contributed by atoms with van der Waals surface area (Å²) in [4.78, 5) is 53.0. The molecule has 1 saturated heterocycles. The van der Waals surface area contributed by atoms with Gasteiger partial charge in [-0.3, -0.25) is 23.2 Å². The van der Waals surface area contributed by atoms with Crippen molar-refractivity contribution in [2.45, 2.75) is 173 Å². The molecule has 374 valence electrons. The van der Waals surface area contributed by atoms with Gasteiger partial charge in [-0.25, -0.2) is 9.13 Å². The number of phosphoric acid groups is 2. The van der Waals surface area contributed by atoms with Gasteiger partial charge in [0.05, 0.1) is 38.1 Å². The van der Waals surface area contributed by atoms with Crippen LogP contribution in [0.4, 0.5) is 0 Å². The standard InChI is InChI=1S/C46H78O17P2/c1-3-5-7-8-9-10-11-12-13-14-15-16-17-18-19-20-25-29-44(50)58-36-40(37-61-65(56,57)60-35-39(48)34-59-64(53,54)55)62-45(51)30-26-22-21-24-28-41-42(49)33-46(52)63-43(41)32-31-38(47)27-23-6-4-2/h9-10,12-13,15-16,18-19,21,24,31-32,38-43,46-49,52H,3-8,11,14,17,20,22-23,25-30,33-37H2,1-2H3,(H,56,57)(H2,53,54,55)/b10-9-,13-12-,16-15-,19-18-,24-21-,32-31+/t38-,39-,40+,41-,42-,43+,46?/m0/s1. The average Bonchev–Trinajstić information content (AvgIpc) is 3.25. The number of phosphoric ester groups is 2. The fourth-order valence-electron chi connectivity index (χ4n) is 6.26. The molecule has 17 nitrogen and oxygen atoms in total. The van der Waals surface area contributed by atoms with Crippen LogP contribution in [0.25, 0.3) is 0 Å². The van der Waals surface area contributed by atoms with Gasteiger partial charge in [-0.15, -0.1) is 0 Å². The summed E-state index contributed by atoms with van der Waals surface area (Å²) in [7, 11) is -9.81. The lowest BCUT2D eigenvalue weighted by Crippen LogP contribution is -2.43. The summed E-state index contributed by atoms with van der Waals surface area (Å²) in [6, 6.07) is 0. The summed E-state index contributed by atoms with van der Waals surface area (Å²) in [5.74, 6) is -1.67. The van der Waals surface area contributed by atoms with Crippen molar-refractivity contribution in [1.29, 1.82) is 0 Å². The molecule has 0 aliphatic carbocycles. The van der Waals surface area contributed by atoms with Gasteiger partial charge in [0.2, 0.25) is 0 Å². The Kier molecular flexibility index (Phi) is 34.8. The number of hydrogen-bond acceptors (Lipinski definition) is 14. The molecule has 2 unspecified atom stereocenters. The van der Waals surface area contributed by atoms with Gasteiger partial charge in [0.15, 0.2) is 12.4 Å². The molecular weight excluding hydrogens is 886 g/mol. The molecule has 0 amide bonds. The normalized spacial score (nSPS) is 21.0. The molecule has 1 heterocycles. The molecule has 8 atom stereocenters. The van der Waals surface area contributed by atoms with Gasteiger partial charge in [-0.2, -0.15) is 0 Å². The van der Waals surface area contributed by atoms with E-state index in [2.05, 4.69) is 59.4 Å². The molecule has 0 radical (unpaired) electrons. The zero-order chi connectivity index (χ0) is 48.2. The molecule has 1 fully saturated rings. The number of carbonyl (C=O) groups excluding carboxylic acids is 2. The van der Waals surface area contributed by atoms with Gasteiger partial charge in [0, 0.05) is 25.2 Å². The molecule has 0 bridgehead atoms. The predicted molar refractivity (Wildman–Crippen MR) is 247 cm³/mol. The van der Waals surface area contributed by atoms with Crippen molar-refractivity contribution in [1.82, 2.24) is 0 Å². The summed E-state index contributed by atoms with van der Waals surface area (Å²) < 4.78 is 53.4. The molecule has 0 aromatic carbocycles. The number of rotatable bonds is 38. The van der Waals surface area contributed by atoms with Crippen molar-refractivity contribution in [3.05, 3.63) is 72.9 Å². The van der Waals surface area contributed by atoms with E-state index in [0.717, 1.165) is 44.9 Å². The van der Waals surface area contributed by atoms with Crippen LogP contribution in [0.2, 0.25) is 0 Å². The van der Waals surface area contributed by atoms with Crippen LogP contribution < -0.4 is 0 Å². The Morgan fingerprint density at radius 3 is 1.83 bits per heavy atom. The van der Waals surface area contributed by atoms with Crippen LogP contribution in [0.3, 0.4) is 0 Å². The van der Waals surface area contributed by atoms with E-state index >= 15 is 0 Å². The van der Waals surface area contributed by atoms with E-state index < -0.39 is 90.8 Å². The van der Waals surface area contributed by atoms with Gasteiger partial charge in [0.1, 0.15) is 12.7 Å². The number of aliphatic hydroxyl groups excluding tert-OH is 4. The predicted octanol–water partition coefficient (Wildman–Crippen LogP) is 7.89. The first kappa shape index (κ1) is 60.4. The van der Waals surface area contributed by atoms with E-state index in [-0.39, 0.29) is 25.2 Å². The fraction of sp³-hybridized carbons (Fsp3) is 0.696. The highest BCUT2D eigenvalue weighted by Gasteiger charge is 2.35. The molecule has 7 N–H and O–H groups in total. The van der Waals surface area contributed by atoms with Gasteiger partial charge in [-0.1, -0.05) is 119 Å². The van der Waals surface area contributed by atoms with Crippen LogP contribution in [0.5, 0.6) is 0 Å². The van der Waals surface area contributed by atoms with E-state index in [1.807, 2.05) is 24.3 Å². The van der Waals surface area contributed by atoms with Crippen LogP contribution in [-0.2, 0) is 46.5 Å². The van der Waals surface area contributed by atoms with Crippen molar-refractivity contribution < 1.29 is 81.6 Å². The quantitative estimate of drug-likeness (QED) is 0.0134. The molecule has 0 saturated carbocycles. The highest BCUT2D eigenvalue weighted by atomic mass is 31.2. The van der Waals surface area contributed by atoms with Gasteiger partial charge < -0.3 is 49.3 Å². The van der Waals surface area contributed by atoms with Crippen molar-refractivity contribution in [3.8, 4) is 0 Å². The third-order valence-corrected chi connectivity index (χ3v) is 11.3. The first-order valence-electron chi connectivity index (χ1n) is 23.0. The summed E-state index contributed by atoms with van der Waals surface area (Å²) in [5.41, 5.74) is 0. The summed E-state index contributed by atoms with van der Waals surface area (Å²) in [6.07, 6.45) is 30.8. The Morgan fingerprint density at radius 1 is 0.677 bits per heavy atom. The number of carbonyl (C=O) groups is 2. The lowest BCUT2D eigenvalue weighted by molar-refractivity contribution is -0.199. The highest BCUT2D eigenvalue weighted by Crippen LogP contribution is 2.44. The SMILES string of the molecule is CCCCC/C=C\C/C=C\C/C=C\C/C=C\CCCC(=O)OC[C@H](COP(=O)(O)OC[C@@H](O)COP(=O)(O)O)OC(=O)CCC/C=C\C[C@H]1[C@@H](O)CC(O)O[C@@H]1/C=C/[C@@H](O)CCCCC. The van der Waals surface area contributed by atoms with Crippen molar-refractivity contribution in [2.75, 3.05) is 26.4 Å². The maximum Gasteiger partial charge on any atom is 0.472 e. The molecule has 19 heteroatoms. The largest absolute Gasteiger partial charge is 0.472 e. The first-order chi connectivity index (χ1) is 31.0. The smallest absolute Gasteiger partial charge is 0.462 e. The summed E-state index contributed by atoms with van der Waals surface area (Å²) in [6.45, 7) is 1.24. The fourth-order valence-corrected chi connectivity index (χ4v) is 7.42. The molecule has 1 aliphatic rings. The third kappa shape index (κ3) is 35.2. The number of aliphatic hydroxyl groups is 4. The van der Waals surface area contributed by atoms with Crippen LogP contribution >= 0.6 is 15.6 Å². The minimum atomic E-state index is -4.91. The Bertz CT molecular complexity index is 1540. The van der Waals surface area contributed by atoms with Crippen molar-refractivity contribution in [3.63, 3.8) is 0 Å². The highest BCUT2D eigenvalue weighted by molar-refractivity contribution is 7.47. The molecule has 0 aromatic heterocycles. The number of allylic oxidation sites excluding steroid dienone is 10. The molecule has 65 heavy (non-hydrogen) atoms. The second kappa shape index (κ2) is 37.4. The summed E-state index contributed by atoms with van der Waals surface area (Å²) >= 11 is 0. The Hall–Kier alpha value is -2.60. The van der Waals surface area contributed by atoms with Crippen LogP contribution in [0, 0.1) is 5.92 Å². The topological polar surface area (TPSA) is 265 Å². The molecule has 0 spiro atoms. The average molecular weight is 965 g/mol. The zero-order valence-corrected chi connectivity index (χ0v) is 40.1. The van der Waals surface area contributed by atoms with Gasteiger partial charge >= 0.3 is 27.6 Å². The zero-order valence-electron chi connectivity index (χ0n) is 38.3. The first-order valence-corrected chi connectivity index (χ1v) is 26.1. The van der Waals surface area contributed by atoms with E-state index in [0.29, 0.717) is 38.5 Å². The Labute approximate surface area is 386 Å². The number of esters is 2. The second-order valence-electron chi connectivity index (χ2n) is 15.8. The minimum absolute atomic E-state index is 0.0498. The number of unbranched alkanes of at least 4 members (excludes halogenated alkanes) is 7. The molecule has 1 rings (SSSR count). The monoisotopic (exact) mass is 964 g/mol. The molecule has 1 aliphatic heterocycles.